The van der Waals surface area contributed by atoms with E-state index in [4.69, 9.17) is 4.74 Å². The highest BCUT2D eigenvalue weighted by Gasteiger charge is 2.45. The van der Waals surface area contributed by atoms with Crippen LogP contribution in [0.4, 0.5) is 0 Å². The number of aliphatic hydroxyl groups is 1. The average Bonchev–Trinajstić information content (AvgIpc) is 2.59. The van der Waals surface area contributed by atoms with Gasteiger partial charge >= 0.3 is 11.9 Å². The second kappa shape index (κ2) is 14.7. The number of Topliss-reactive ketones (excluding diaryl/α,β-unsaturated/α-hetero) is 1. The van der Waals surface area contributed by atoms with Gasteiger partial charge in [-0.1, -0.05) is 64.7 Å². The lowest BCUT2D eigenvalue weighted by molar-refractivity contribution is -0.175. The van der Waals surface area contributed by atoms with Crippen LogP contribution in [0.5, 0.6) is 0 Å². The standard InChI is InChI=1S/C20H36O6/c1-4-6-7-8-9-10-11-12-13-14-15-26-18(22)16-20(24,17(3)21)19(23)25-5-2/h24H,4-16H2,1-3H3. The number of hydrogen-bond acceptors (Lipinski definition) is 6. The highest BCUT2D eigenvalue weighted by molar-refractivity contribution is 6.08. The normalized spacial score (nSPS) is 13.1. The van der Waals surface area contributed by atoms with E-state index in [9.17, 15) is 19.5 Å². The molecule has 26 heavy (non-hydrogen) atoms. The lowest BCUT2D eigenvalue weighted by Gasteiger charge is -2.21. The van der Waals surface area contributed by atoms with Gasteiger partial charge in [-0.05, 0) is 20.3 Å². The summed E-state index contributed by atoms with van der Waals surface area (Å²) < 4.78 is 9.69. The molecule has 152 valence electrons. The number of ether oxygens (including phenoxy) is 2. The Hall–Kier alpha value is -1.43. The number of hydrogen-bond donors (Lipinski definition) is 1. The molecule has 0 aromatic rings. The number of unbranched alkanes of at least 4 members (excludes halogenated alkanes) is 9. The van der Waals surface area contributed by atoms with Crippen molar-refractivity contribution < 1.29 is 29.0 Å². The summed E-state index contributed by atoms with van der Waals surface area (Å²) >= 11 is 0. The van der Waals surface area contributed by atoms with Crippen molar-refractivity contribution in [2.24, 2.45) is 0 Å². The summed E-state index contributed by atoms with van der Waals surface area (Å²) in [6.45, 7) is 5.06. The smallest absolute Gasteiger partial charge is 0.346 e. The summed E-state index contributed by atoms with van der Waals surface area (Å²) in [7, 11) is 0. The predicted molar refractivity (Wildman–Crippen MR) is 99.7 cm³/mol. The van der Waals surface area contributed by atoms with Crippen LogP contribution >= 0.6 is 0 Å². The van der Waals surface area contributed by atoms with Crippen LogP contribution in [-0.2, 0) is 23.9 Å². The molecule has 0 aromatic heterocycles. The maximum absolute atomic E-state index is 11.8. The van der Waals surface area contributed by atoms with Gasteiger partial charge in [-0.2, -0.15) is 0 Å². The minimum Gasteiger partial charge on any atom is -0.466 e. The Kier molecular flexibility index (Phi) is 13.9. The van der Waals surface area contributed by atoms with E-state index < -0.39 is 29.7 Å². The van der Waals surface area contributed by atoms with E-state index in [2.05, 4.69) is 11.7 Å². The van der Waals surface area contributed by atoms with Crippen LogP contribution < -0.4 is 0 Å². The van der Waals surface area contributed by atoms with E-state index in [1.807, 2.05) is 0 Å². The van der Waals surface area contributed by atoms with Gasteiger partial charge < -0.3 is 14.6 Å². The number of ketones is 1. The molecule has 0 aliphatic carbocycles. The zero-order valence-electron chi connectivity index (χ0n) is 16.7. The number of rotatable bonds is 16. The van der Waals surface area contributed by atoms with Gasteiger partial charge in [0, 0.05) is 0 Å². The van der Waals surface area contributed by atoms with Gasteiger partial charge in [-0.15, -0.1) is 0 Å². The molecule has 0 aliphatic rings. The van der Waals surface area contributed by atoms with E-state index in [0.717, 1.165) is 26.2 Å². The van der Waals surface area contributed by atoms with Crippen molar-refractivity contribution in [3.8, 4) is 0 Å². The predicted octanol–water partition coefficient (Wildman–Crippen LogP) is 3.72. The van der Waals surface area contributed by atoms with Crippen LogP contribution in [0, 0.1) is 0 Å². The molecule has 0 saturated heterocycles. The largest absolute Gasteiger partial charge is 0.466 e. The molecule has 0 heterocycles. The molecular formula is C20H36O6. The zero-order valence-corrected chi connectivity index (χ0v) is 16.7. The fourth-order valence-electron chi connectivity index (χ4n) is 2.63. The van der Waals surface area contributed by atoms with Crippen molar-refractivity contribution in [3.63, 3.8) is 0 Å². The minimum atomic E-state index is -2.45. The van der Waals surface area contributed by atoms with Gasteiger partial charge in [0.25, 0.3) is 0 Å². The summed E-state index contributed by atoms with van der Waals surface area (Å²) in [6, 6.07) is 0. The molecule has 0 aromatic carbocycles. The monoisotopic (exact) mass is 372 g/mol. The fourth-order valence-corrected chi connectivity index (χ4v) is 2.63. The average molecular weight is 373 g/mol. The van der Waals surface area contributed by atoms with Gasteiger partial charge in [-0.3, -0.25) is 9.59 Å². The van der Waals surface area contributed by atoms with E-state index >= 15 is 0 Å². The van der Waals surface area contributed by atoms with Gasteiger partial charge in [0.05, 0.1) is 19.6 Å². The molecule has 0 saturated carbocycles. The molecule has 1 atom stereocenters. The third-order valence-electron chi connectivity index (χ3n) is 4.36. The van der Waals surface area contributed by atoms with Crippen LogP contribution in [0.2, 0.25) is 0 Å². The Morgan fingerprint density at radius 1 is 0.808 bits per heavy atom. The first kappa shape index (κ1) is 24.6. The van der Waals surface area contributed by atoms with Gasteiger partial charge in [0.2, 0.25) is 5.60 Å². The van der Waals surface area contributed by atoms with E-state index in [0.29, 0.717) is 0 Å². The molecule has 1 N–H and O–H groups in total. The zero-order chi connectivity index (χ0) is 19.8. The number of carbonyl (C=O) groups excluding carboxylic acids is 3. The molecular weight excluding hydrogens is 336 g/mol. The molecule has 0 aliphatic heterocycles. The minimum absolute atomic E-state index is 0.0159. The SMILES string of the molecule is CCCCCCCCCCCCOC(=O)CC(O)(C(C)=O)C(=O)OCC. The molecule has 6 nitrogen and oxygen atoms in total. The second-order valence-electron chi connectivity index (χ2n) is 6.72. The van der Waals surface area contributed by atoms with Crippen molar-refractivity contribution in [2.45, 2.75) is 97.0 Å². The Bertz CT molecular complexity index is 421. The Balaban J connectivity index is 3.84. The van der Waals surface area contributed by atoms with Crippen LogP contribution in [0.3, 0.4) is 0 Å². The summed E-state index contributed by atoms with van der Waals surface area (Å²) in [5.74, 6) is -2.71. The second-order valence-corrected chi connectivity index (χ2v) is 6.72. The number of carbonyl (C=O) groups is 3. The van der Waals surface area contributed by atoms with Gasteiger partial charge in [-0.25, -0.2) is 4.79 Å². The van der Waals surface area contributed by atoms with Gasteiger partial charge in [0.1, 0.15) is 0 Å². The topological polar surface area (TPSA) is 89.9 Å². The molecule has 0 bridgehead atoms. The van der Waals surface area contributed by atoms with E-state index in [1.165, 1.54) is 44.9 Å². The first-order chi connectivity index (χ1) is 12.4. The molecule has 6 heteroatoms. The maximum atomic E-state index is 11.8. The van der Waals surface area contributed by atoms with Crippen LogP contribution in [0.1, 0.15) is 91.4 Å². The molecule has 0 amide bonds. The molecule has 0 spiro atoms. The Labute approximate surface area is 157 Å². The van der Waals surface area contributed by atoms with Crippen molar-refractivity contribution in [3.05, 3.63) is 0 Å². The lowest BCUT2D eigenvalue weighted by Crippen LogP contribution is -2.48. The Morgan fingerprint density at radius 3 is 1.77 bits per heavy atom. The first-order valence-corrected chi connectivity index (χ1v) is 9.94. The van der Waals surface area contributed by atoms with E-state index in [-0.39, 0.29) is 13.2 Å². The number of esters is 2. The maximum Gasteiger partial charge on any atom is 0.346 e. The molecule has 0 fully saturated rings. The summed E-state index contributed by atoms with van der Waals surface area (Å²) in [5.41, 5.74) is -2.45. The first-order valence-electron chi connectivity index (χ1n) is 9.94. The van der Waals surface area contributed by atoms with Gasteiger partial charge in [0.15, 0.2) is 5.78 Å². The summed E-state index contributed by atoms with van der Waals surface area (Å²) in [4.78, 5) is 35.0. The summed E-state index contributed by atoms with van der Waals surface area (Å²) in [6.07, 6.45) is 11.0. The van der Waals surface area contributed by atoms with Crippen molar-refractivity contribution >= 4 is 17.7 Å². The van der Waals surface area contributed by atoms with Crippen LogP contribution in [0.15, 0.2) is 0 Å². The summed E-state index contributed by atoms with van der Waals surface area (Å²) in [5, 5.41) is 10.1. The van der Waals surface area contributed by atoms with Crippen molar-refractivity contribution in [1.29, 1.82) is 0 Å². The lowest BCUT2D eigenvalue weighted by atomic mass is 9.95. The third kappa shape index (κ3) is 10.5. The molecule has 0 rings (SSSR count). The highest BCUT2D eigenvalue weighted by Crippen LogP contribution is 2.16. The van der Waals surface area contributed by atoms with Crippen molar-refractivity contribution in [2.75, 3.05) is 13.2 Å². The third-order valence-corrected chi connectivity index (χ3v) is 4.36. The van der Waals surface area contributed by atoms with E-state index in [1.54, 1.807) is 6.92 Å². The van der Waals surface area contributed by atoms with Crippen molar-refractivity contribution in [1.82, 2.24) is 0 Å². The highest BCUT2D eigenvalue weighted by atomic mass is 16.6. The van der Waals surface area contributed by atoms with Crippen LogP contribution in [-0.4, -0.2) is 41.6 Å². The molecule has 1 unspecified atom stereocenters. The quantitative estimate of drug-likeness (QED) is 0.252. The Morgan fingerprint density at radius 2 is 1.31 bits per heavy atom. The molecule has 0 radical (unpaired) electrons. The fraction of sp³-hybridized carbons (Fsp3) is 0.850. The van der Waals surface area contributed by atoms with Crippen LogP contribution in [0.25, 0.3) is 0 Å².